The van der Waals surface area contributed by atoms with Gasteiger partial charge in [-0.3, -0.25) is 0 Å². The molecule has 0 rings (SSSR count). The highest BCUT2D eigenvalue weighted by Gasteiger charge is 2.45. The van der Waals surface area contributed by atoms with Crippen LogP contribution in [-0.2, 0) is 33.3 Å². The van der Waals surface area contributed by atoms with Gasteiger partial charge in [-0.05, 0) is 27.2 Å². The molecule has 0 unspecified atom stereocenters. The van der Waals surface area contributed by atoms with E-state index in [0.717, 1.165) is 7.11 Å². The fourth-order valence-corrected chi connectivity index (χ4v) is 1.37. The average Bonchev–Trinajstić information content (AvgIpc) is 2.46. The molecular weight excluding hydrogens is 280 g/mol. The first-order chi connectivity index (χ1) is 9.92. The largest absolute Gasteiger partial charge is 0.466 e. The topological polar surface area (TPSA) is 88.1 Å². The third-order valence-electron chi connectivity index (χ3n) is 2.46. The molecule has 0 aliphatic heterocycles. The third-order valence-corrected chi connectivity index (χ3v) is 2.46. The molecule has 0 saturated heterocycles. The second-order valence-electron chi connectivity index (χ2n) is 4.04. The number of ether oxygens (including phenoxy) is 4. The van der Waals surface area contributed by atoms with Crippen molar-refractivity contribution < 1.29 is 33.3 Å². The highest BCUT2D eigenvalue weighted by atomic mass is 16.6. The standard InChI is InChI=1S/C14H22O7/c1-5-19-11(15)9-7-8-10-21-14(3,12(16)18-4)13(17)20-6-2/h7,9H,5-6,8,10H2,1-4H3/b9-7+/t14-/m1/s1. The van der Waals surface area contributed by atoms with E-state index in [1.165, 1.54) is 19.1 Å². The van der Waals surface area contributed by atoms with Gasteiger partial charge in [-0.1, -0.05) is 6.08 Å². The van der Waals surface area contributed by atoms with Crippen LogP contribution in [0.2, 0.25) is 0 Å². The highest BCUT2D eigenvalue weighted by molar-refractivity contribution is 6.03. The molecule has 0 heterocycles. The van der Waals surface area contributed by atoms with Crippen molar-refractivity contribution in [2.45, 2.75) is 32.8 Å². The molecule has 7 nitrogen and oxygen atoms in total. The average molecular weight is 302 g/mol. The van der Waals surface area contributed by atoms with Gasteiger partial charge in [0.1, 0.15) is 0 Å². The van der Waals surface area contributed by atoms with Gasteiger partial charge in [-0.25, -0.2) is 14.4 Å². The summed E-state index contributed by atoms with van der Waals surface area (Å²) in [6.07, 6.45) is 3.11. The Bertz CT molecular complexity index is 389. The van der Waals surface area contributed by atoms with Gasteiger partial charge in [0.05, 0.1) is 26.9 Å². The Balaban J connectivity index is 4.48. The second-order valence-corrected chi connectivity index (χ2v) is 4.04. The maximum Gasteiger partial charge on any atom is 0.349 e. The van der Waals surface area contributed by atoms with Gasteiger partial charge in [-0.15, -0.1) is 0 Å². The Kier molecular flexibility index (Phi) is 9.03. The van der Waals surface area contributed by atoms with Crippen molar-refractivity contribution in [2.24, 2.45) is 0 Å². The number of carbonyl (C=O) groups excluding carboxylic acids is 3. The van der Waals surface area contributed by atoms with Crippen LogP contribution in [0.1, 0.15) is 27.2 Å². The summed E-state index contributed by atoms with van der Waals surface area (Å²) in [5, 5.41) is 0. The van der Waals surface area contributed by atoms with Crippen LogP contribution in [-0.4, -0.2) is 50.4 Å². The first-order valence-corrected chi connectivity index (χ1v) is 6.65. The fraction of sp³-hybridized carbons (Fsp3) is 0.643. The fourth-order valence-electron chi connectivity index (χ4n) is 1.37. The predicted octanol–water partition coefficient (Wildman–Crippen LogP) is 1.01. The van der Waals surface area contributed by atoms with Crippen LogP contribution in [0.4, 0.5) is 0 Å². The smallest absolute Gasteiger partial charge is 0.349 e. The van der Waals surface area contributed by atoms with E-state index in [-0.39, 0.29) is 13.2 Å². The van der Waals surface area contributed by atoms with Crippen LogP contribution < -0.4 is 0 Å². The van der Waals surface area contributed by atoms with Crippen molar-refractivity contribution in [3.63, 3.8) is 0 Å². The molecule has 0 aliphatic rings. The molecule has 120 valence electrons. The van der Waals surface area contributed by atoms with Crippen molar-refractivity contribution in [3.05, 3.63) is 12.2 Å². The summed E-state index contributed by atoms with van der Waals surface area (Å²) in [6.45, 7) is 5.07. The van der Waals surface area contributed by atoms with Crippen molar-refractivity contribution in [1.29, 1.82) is 0 Å². The molecule has 0 bridgehead atoms. The summed E-state index contributed by atoms with van der Waals surface area (Å²) in [6, 6.07) is 0. The molecule has 0 amide bonds. The minimum atomic E-state index is -1.82. The van der Waals surface area contributed by atoms with Crippen molar-refractivity contribution in [2.75, 3.05) is 26.9 Å². The molecule has 0 aromatic rings. The zero-order valence-corrected chi connectivity index (χ0v) is 12.8. The van der Waals surface area contributed by atoms with E-state index >= 15 is 0 Å². The zero-order chi connectivity index (χ0) is 16.3. The lowest BCUT2D eigenvalue weighted by atomic mass is 10.1. The number of esters is 3. The monoisotopic (exact) mass is 302 g/mol. The van der Waals surface area contributed by atoms with Gasteiger partial charge in [0.25, 0.3) is 5.60 Å². The number of hydrogen-bond donors (Lipinski definition) is 0. The first-order valence-electron chi connectivity index (χ1n) is 6.65. The van der Waals surface area contributed by atoms with Crippen LogP contribution in [0.3, 0.4) is 0 Å². The molecule has 21 heavy (non-hydrogen) atoms. The summed E-state index contributed by atoms with van der Waals surface area (Å²) in [5.74, 6) is -2.11. The lowest BCUT2D eigenvalue weighted by Gasteiger charge is -2.24. The molecule has 0 spiro atoms. The minimum Gasteiger partial charge on any atom is -0.466 e. The summed E-state index contributed by atoms with van der Waals surface area (Å²) < 4.78 is 19.3. The predicted molar refractivity (Wildman–Crippen MR) is 73.4 cm³/mol. The lowest BCUT2D eigenvalue weighted by molar-refractivity contribution is -0.186. The van der Waals surface area contributed by atoms with Crippen molar-refractivity contribution in [1.82, 2.24) is 0 Å². The van der Waals surface area contributed by atoms with Crippen molar-refractivity contribution >= 4 is 17.9 Å². The zero-order valence-electron chi connectivity index (χ0n) is 12.8. The van der Waals surface area contributed by atoms with Crippen LogP contribution in [0.15, 0.2) is 12.2 Å². The summed E-state index contributed by atoms with van der Waals surface area (Å²) >= 11 is 0. The maximum absolute atomic E-state index is 11.8. The van der Waals surface area contributed by atoms with Gasteiger partial charge in [0.15, 0.2) is 0 Å². The SMILES string of the molecule is CCOC(=O)/C=C/CCO[C@](C)(C(=O)OC)C(=O)OCC. The van der Waals surface area contributed by atoms with E-state index in [9.17, 15) is 14.4 Å². The molecule has 0 radical (unpaired) electrons. The van der Waals surface area contributed by atoms with E-state index in [2.05, 4.69) is 4.74 Å². The van der Waals surface area contributed by atoms with Gasteiger partial charge in [-0.2, -0.15) is 0 Å². The molecule has 0 aromatic carbocycles. The molecule has 7 heteroatoms. The number of hydrogen-bond acceptors (Lipinski definition) is 7. The Hall–Kier alpha value is -1.89. The Morgan fingerprint density at radius 2 is 1.67 bits per heavy atom. The summed E-state index contributed by atoms with van der Waals surface area (Å²) in [7, 11) is 1.16. The molecule has 0 saturated carbocycles. The maximum atomic E-state index is 11.8. The van der Waals surface area contributed by atoms with E-state index in [4.69, 9.17) is 14.2 Å². The number of rotatable bonds is 9. The van der Waals surface area contributed by atoms with Gasteiger partial charge in [0.2, 0.25) is 0 Å². The van der Waals surface area contributed by atoms with Gasteiger partial charge >= 0.3 is 17.9 Å². The second kappa shape index (κ2) is 9.93. The lowest BCUT2D eigenvalue weighted by Crippen LogP contribution is -2.48. The molecule has 1 atom stereocenters. The Morgan fingerprint density at radius 1 is 1.05 bits per heavy atom. The van der Waals surface area contributed by atoms with E-state index in [0.29, 0.717) is 13.0 Å². The third kappa shape index (κ3) is 6.40. The minimum absolute atomic E-state index is 0.0420. The van der Waals surface area contributed by atoms with E-state index < -0.39 is 23.5 Å². The van der Waals surface area contributed by atoms with Crippen molar-refractivity contribution in [3.8, 4) is 0 Å². The highest BCUT2D eigenvalue weighted by Crippen LogP contribution is 2.15. The summed E-state index contributed by atoms with van der Waals surface area (Å²) in [4.78, 5) is 34.5. The summed E-state index contributed by atoms with van der Waals surface area (Å²) in [5.41, 5.74) is -1.82. The first kappa shape index (κ1) is 19.1. The van der Waals surface area contributed by atoms with Crippen LogP contribution in [0, 0.1) is 0 Å². The Labute approximate surface area is 124 Å². The molecule has 0 aliphatic carbocycles. The number of carbonyl (C=O) groups is 3. The quantitative estimate of drug-likeness (QED) is 0.206. The molecular formula is C14H22O7. The van der Waals surface area contributed by atoms with E-state index in [1.807, 2.05) is 0 Å². The Morgan fingerprint density at radius 3 is 2.19 bits per heavy atom. The van der Waals surface area contributed by atoms with E-state index in [1.54, 1.807) is 13.8 Å². The number of methoxy groups -OCH3 is 1. The molecule has 0 aromatic heterocycles. The van der Waals surface area contributed by atoms with Crippen LogP contribution >= 0.6 is 0 Å². The molecule has 0 fully saturated rings. The van der Waals surface area contributed by atoms with Gasteiger partial charge < -0.3 is 18.9 Å². The normalized spacial score (nSPS) is 13.5. The van der Waals surface area contributed by atoms with Crippen LogP contribution in [0.25, 0.3) is 0 Å². The van der Waals surface area contributed by atoms with Gasteiger partial charge in [0, 0.05) is 6.08 Å². The van der Waals surface area contributed by atoms with Crippen LogP contribution in [0.5, 0.6) is 0 Å². The molecule has 0 N–H and O–H groups in total.